The van der Waals surface area contributed by atoms with Crippen LogP contribution in [0.1, 0.15) is 23.2 Å². The zero-order chi connectivity index (χ0) is 15.0. The summed E-state index contributed by atoms with van der Waals surface area (Å²) in [6, 6.07) is 3.01. The van der Waals surface area contributed by atoms with Gasteiger partial charge in [-0.25, -0.2) is 0 Å². The van der Waals surface area contributed by atoms with E-state index in [-0.39, 0.29) is 41.3 Å². The minimum absolute atomic E-state index is 0.0198. The van der Waals surface area contributed by atoms with Crippen molar-refractivity contribution in [3.63, 3.8) is 0 Å². The average Bonchev–Trinajstić information content (AvgIpc) is 2.46. The first kappa shape index (κ1) is 13.5. The van der Waals surface area contributed by atoms with Crippen LogP contribution in [0.5, 0.6) is 17.2 Å². The fraction of sp³-hybridized carbons (Fsp3) is 0.312. The van der Waals surface area contributed by atoms with E-state index in [0.29, 0.717) is 17.9 Å². The van der Waals surface area contributed by atoms with Gasteiger partial charge in [-0.05, 0) is 18.6 Å². The number of hydrogen-bond donors (Lipinski definition) is 2. The summed E-state index contributed by atoms with van der Waals surface area (Å²) in [6.45, 7) is 0. The quantitative estimate of drug-likeness (QED) is 0.875. The van der Waals surface area contributed by atoms with E-state index < -0.39 is 0 Å². The number of carbonyl (C=O) groups is 1. The Morgan fingerprint density at radius 3 is 2.81 bits per heavy atom. The van der Waals surface area contributed by atoms with Crippen molar-refractivity contribution in [3.05, 3.63) is 41.7 Å². The Bertz CT molecular complexity index is 644. The number of fused-ring (bicyclic) bond motifs is 1. The molecule has 0 amide bonds. The number of benzene rings is 1. The SMILES string of the molecule is COc1cc(O)c2c(c1)O[C@H](C1C=CC(O)=CC1)CC2=O. The molecule has 0 saturated heterocycles. The van der Waals surface area contributed by atoms with E-state index in [1.54, 1.807) is 18.2 Å². The van der Waals surface area contributed by atoms with Gasteiger partial charge in [-0.2, -0.15) is 0 Å². The Balaban J connectivity index is 1.90. The van der Waals surface area contributed by atoms with E-state index in [4.69, 9.17) is 9.47 Å². The van der Waals surface area contributed by atoms with Crippen molar-refractivity contribution in [3.8, 4) is 17.2 Å². The van der Waals surface area contributed by atoms with Crippen molar-refractivity contribution in [1.82, 2.24) is 0 Å². The lowest BCUT2D eigenvalue weighted by Gasteiger charge is -2.31. The predicted molar refractivity (Wildman–Crippen MR) is 76.0 cm³/mol. The lowest BCUT2D eigenvalue weighted by molar-refractivity contribution is 0.0776. The summed E-state index contributed by atoms with van der Waals surface area (Å²) in [6.07, 6.45) is 5.68. The monoisotopic (exact) mass is 288 g/mol. The number of methoxy groups -OCH3 is 1. The van der Waals surface area contributed by atoms with Crippen LogP contribution in [0.2, 0.25) is 0 Å². The summed E-state index contributed by atoms with van der Waals surface area (Å²) in [4.78, 5) is 12.3. The molecule has 1 aromatic rings. The van der Waals surface area contributed by atoms with E-state index in [1.165, 1.54) is 13.2 Å². The molecule has 1 aliphatic carbocycles. The van der Waals surface area contributed by atoms with Crippen LogP contribution >= 0.6 is 0 Å². The van der Waals surface area contributed by atoms with Crippen LogP contribution in [-0.4, -0.2) is 29.2 Å². The molecular formula is C16H16O5. The number of aromatic hydroxyl groups is 1. The fourth-order valence-electron chi connectivity index (χ4n) is 2.70. The predicted octanol–water partition coefficient (Wildman–Crippen LogP) is 2.75. The number of ether oxygens (including phenoxy) is 2. The molecule has 2 atom stereocenters. The smallest absolute Gasteiger partial charge is 0.174 e. The van der Waals surface area contributed by atoms with Gasteiger partial charge >= 0.3 is 0 Å². The van der Waals surface area contributed by atoms with Crippen LogP contribution in [0.25, 0.3) is 0 Å². The molecule has 0 spiro atoms. The lowest BCUT2D eigenvalue weighted by Crippen LogP contribution is -2.33. The van der Waals surface area contributed by atoms with Gasteiger partial charge in [0.25, 0.3) is 0 Å². The number of aliphatic hydroxyl groups excluding tert-OH is 1. The molecule has 5 heteroatoms. The first-order valence-corrected chi connectivity index (χ1v) is 6.76. The number of hydrogen-bond acceptors (Lipinski definition) is 5. The summed E-state index contributed by atoms with van der Waals surface area (Å²) < 4.78 is 11.0. The molecule has 2 aliphatic rings. The molecule has 0 aromatic heterocycles. The third kappa shape index (κ3) is 2.46. The maximum atomic E-state index is 12.3. The van der Waals surface area contributed by atoms with Crippen LogP contribution < -0.4 is 9.47 Å². The number of phenols is 1. The average molecular weight is 288 g/mol. The van der Waals surface area contributed by atoms with Crippen LogP contribution in [0, 0.1) is 5.92 Å². The number of rotatable bonds is 2. The van der Waals surface area contributed by atoms with Crippen molar-refractivity contribution >= 4 is 5.78 Å². The number of aliphatic hydroxyl groups is 1. The number of ketones is 1. The van der Waals surface area contributed by atoms with Gasteiger partial charge in [0, 0.05) is 24.5 Å². The number of carbonyl (C=O) groups excluding carboxylic acids is 1. The van der Waals surface area contributed by atoms with Crippen molar-refractivity contribution in [2.75, 3.05) is 7.11 Å². The highest BCUT2D eigenvalue weighted by atomic mass is 16.5. The third-order valence-electron chi connectivity index (χ3n) is 3.83. The Hall–Kier alpha value is -2.43. The van der Waals surface area contributed by atoms with Crippen molar-refractivity contribution in [1.29, 1.82) is 0 Å². The molecule has 1 aromatic carbocycles. The van der Waals surface area contributed by atoms with Crippen molar-refractivity contribution in [2.24, 2.45) is 5.92 Å². The minimum atomic E-state index is -0.308. The van der Waals surface area contributed by atoms with Crippen LogP contribution in [0.15, 0.2) is 36.1 Å². The molecule has 0 radical (unpaired) electrons. The van der Waals surface area contributed by atoms with Gasteiger partial charge in [-0.1, -0.05) is 6.08 Å². The Kier molecular flexibility index (Phi) is 3.33. The van der Waals surface area contributed by atoms with Crippen LogP contribution in [0.3, 0.4) is 0 Å². The fourth-order valence-corrected chi connectivity index (χ4v) is 2.70. The van der Waals surface area contributed by atoms with Gasteiger partial charge in [-0.15, -0.1) is 0 Å². The van der Waals surface area contributed by atoms with Crippen LogP contribution in [0.4, 0.5) is 0 Å². The maximum absolute atomic E-state index is 12.3. The molecule has 21 heavy (non-hydrogen) atoms. The molecule has 0 bridgehead atoms. The second kappa shape index (κ2) is 5.16. The largest absolute Gasteiger partial charge is 0.508 e. The molecule has 1 aliphatic heterocycles. The molecule has 1 unspecified atom stereocenters. The Morgan fingerprint density at radius 1 is 1.33 bits per heavy atom. The molecule has 2 N–H and O–H groups in total. The van der Waals surface area contributed by atoms with Crippen molar-refractivity contribution < 1.29 is 24.5 Å². The summed E-state index contributed by atoms with van der Waals surface area (Å²) in [5, 5.41) is 19.3. The highest BCUT2D eigenvalue weighted by Crippen LogP contribution is 2.40. The number of Topliss-reactive ketones (excluding diaryl/α,β-unsaturated/α-hetero) is 1. The van der Waals surface area contributed by atoms with Gasteiger partial charge in [0.2, 0.25) is 0 Å². The van der Waals surface area contributed by atoms with Gasteiger partial charge in [0.05, 0.1) is 7.11 Å². The van der Waals surface area contributed by atoms with E-state index >= 15 is 0 Å². The minimum Gasteiger partial charge on any atom is -0.508 e. The highest BCUT2D eigenvalue weighted by molar-refractivity contribution is 6.02. The van der Waals surface area contributed by atoms with E-state index in [9.17, 15) is 15.0 Å². The first-order valence-electron chi connectivity index (χ1n) is 6.76. The molecule has 0 saturated carbocycles. The second-order valence-corrected chi connectivity index (χ2v) is 5.19. The molecule has 0 fully saturated rings. The van der Waals surface area contributed by atoms with Crippen molar-refractivity contribution in [2.45, 2.75) is 18.9 Å². The summed E-state index contributed by atoms with van der Waals surface area (Å²) in [5.74, 6) is 0.772. The zero-order valence-corrected chi connectivity index (χ0v) is 11.6. The Labute approximate surface area is 122 Å². The first-order chi connectivity index (χ1) is 10.1. The van der Waals surface area contributed by atoms with Gasteiger partial charge in [0.1, 0.15) is 34.7 Å². The molecule has 5 nitrogen and oxygen atoms in total. The Morgan fingerprint density at radius 2 is 2.14 bits per heavy atom. The molecule has 110 valence electrons. The lowest BCUT2D eigenvalue weighted by atomic mass is 9.87. The van der Waals surface area contributed by atoms with Gasteiger partial charge in [0.15, 0.2) is 5.78 Å². The third-order valence-corrected chi connectivity index (χ3v) is 3.83. The standard InChI is InChI=1S/C16H16O5/c1-20-11-6-12(18)16-13(19)8-14(21-15(16)7-11)9-2-4-10(17)5-3-9/h2,4-7,9,14,17-18H,3,8H2,1H3/t9?,14-/m0/s1. The zero-order valence-electron chi connectivity index (χ0n) is 11.6. The van der Waals surface area contributed by atoms with Gasteiger partial charge in [-0.3, -0.25) is 4.79 Å². The second-order valence-electron chi connectivity index (χ2n) is 5.19. The summed E-state index contributed by atoms with van der Waals surface area (Å²) in [5.41, 5.74) is 0.213. The highest BCUT2D eigenvalue weighted by Gasteiger charge is 2.33. The molecule has 3 rings (SSSR count). The normalized spacial score (nSPS) is 24.0. The molecular weight excluding hydrogens is 272 g/mol. The van der Waals surface area contributed by atoms with Gasteiger partial charge < -0.3 is 19.7 Å². The maximum Gasteiger partial charge on any atom is 0.174 e. The summed E-state index contributed by atoms with van der Waals surface area (Å²) >= 11 is 0. The number of phenolic OH excluding ortho intramolecular Hbond substituents is 1. The van der Waals surface area contributed by atoms with Crippen LogP contribution in [-0.2, 0) is 0 Å². The topological polar surface area (TPSA) is 76.0 Å². The molecule has 1 heterocycles. The summed E-state index contributed by atoms with van der Waals surface area (Å²) in [7, 11) is 1.49. The number of allylic oxidation sites excluding steroid dienone is 2. The van der Waals surface area contributed by atoms with E-state index in [1.807, 2.05) is 6.08 Å². The van der Waals surface area contributed by atoms with E-state index in [0.717, 1.165) is 0 Å². The van der Waals surface area contributed by atoms with E-state index in [2.05, 4.69) is 0 Å².